The van der Waals surface area contributed by atoms with Crippen LogP contribution < -0.4 is 26.2 Å². The zero-order valence-corrected chi connectivity index (χ0v) is 54.0. The lowest BCUT2D eigenvalue weighted by atomic mass is 9.33. The van der Waals surface area contributed by atoms with Gasteiger partial charge in [-0.2, -0.15) is 0 Å². The van der Waals surface area contributed by atoms with Crippen molar-refractivity contribution >= 4 is 101 Å². The predicted molar refractivity (Wildman–Crippen MR) is 407 cm³/mol. The highest BCUT2D eigenvalue weighted by atomic mass is 15.2. The first kappa shape index (κ1) is 40.3. The van der Waals surface area contributed by atoms with Crippen molar-refractivity contribution in [2.75, 3.05) is 9.80 Å². The highest BCUT2D eigenvalue weighted by molar-refractivity contribution is 7.00. The maximum absolute atomic E-state index is 11.3. The molecule has 13 aromatic carbocycles. The first-order valence-electron chi connectivity index (χ1n) is 42.1. The van der Waals surface area contributed by atoms with Gasteiger partial charge in [0.05, 0.1) is 60.9 Å². The zero-order chi connectivity index (χ0) is 82.1. The highest BCUT2D eigenvalue weighted by Crippen LogP contribution is 2.54. The van der Waals surface area contributed by atoms with Crippen molar-refractivity contribution < 1.29 is 27.4 Å². The Kier molecular flexibility index (Phi) is 9.27. The molecule has 0 unspecified atom stereocenters. The van der Waals surface area contributed by atoms with Crippen LogP contribution in [0.25, 0.3) is 99.5 Å². The fourth-order valence-corrected chi connectivity index (χ4v) is 14.2. The van der Waals surface area contributed by atoms with Gasteiger partial charge in [-0.3, -0.25) is 0 Å². The van der Waals surface area contributed by atoms with Gasteiger partial charge < -0.3 is 18.9 Å². The molecule has 4 heterocycles. The van der Waals surface area contributed by atoms with Crippen LogP contribution in [-0.4, -0.2) is 15.8 Å². The Morgan fingerprint density at radius 2 is 0.611 bits per heavy atom. The highest BCUT2D eigenvalue weighted by Gasteiger charge is 2.46. The topological polar surface area (TPSA) is 16.3 Å². The van der Waals surface area contributed by atoms with E-state index in [2.05, 4.69) is 133 Å². The molecule has 2 aliphatic heterocycles. The van der Waals surface area contributed by atoms with Gasteiger partial charge >= 0.3 is 0 Å². The van der Waals surface area contributed by atoms with Gasteiger partial charge in [-0.1, -0.05) is 293 Å². The number of benzene rings is 13. The molecule has 17 rings (SSSR count). The standard InChI is InChI=1S/C90H75BN4/c1-88(2,3)62-46-42-60(43-47-62)69-36-24-34-67(58-26-12-10-13-27-58)86(69)94-81-56-65(92-77-38-20-16-30-71(77)72-31-17-21-39-78(72)92)50-52-75(81)91-76-53-51-66(93-79-40-22-18-32-73(79)74-33-19-23-41-80(74)93)57-82(76)95(84-55-64(90(7,8)9)54-83(94)85(84)91)87-68(59-28-14-11-15-29-59)35-25-37-70(87)61-44-48-63(49-45-61)89(4,5)6/h10-57H,1-9H3/i16D,17D,18D,19D,20D,21D,22D,23D,30D,31D,32D,33D,38D,39D,40D,41D,50D,51D,52D,53D. The number of hydrogen-bond donors (Lipinski definition) is 0. The van der Waals surface area contributed by atoms with Crippen LogP contribution in [0.2, 0.25) is 0 Å². The third-order valence-electron chi connectivity index (χ3n) is 18.9. The molecule has 458 valence electrons. The Morgan fingerprint density at radius 1 is 0.295 bits per heavy atom. The molecule has 0 saturated heterocycles. The molecule has 4 nitrogen and oxygen atoms in total. The Balaban J connectivity index is 1.13. The van der Waals surface area contributed by atoms with Crippen molar-refractivity contribution in [3.05, 3.63) is 307 Å². The van der Waals surface area contributed by atoms with Crippen molar-refractivity contribution in [1.82, 2.24) is 9.13 Å². The molecule has 5 heteroatoms. The van der Waals surface area contributed by atoms with Crippen LogP contribution in [0.4, 0.5) is 34.1 Å². The van der Waals surface area contributed by atoms with Gasteiger partial charge in [-0.05, 0) is 132 Å². The lowest BCUT2D eigenvalue weighted by Crippen LogP contribution is -2.61. The predicted octanol–water partition coefficient (Wildman–Crippen LogP) is 22.5. The Morgan fingerprint density at radius 3 is 0.937 bits per heavy atom. The van der Waals surface area contributed by atoms with E-state index in [0.717, 1.165) is 38.9 Å². The largest absolute Gasteiger partial charge is 0.310 e. The summed E-state index contributed by atoms with van der Waals surface area (Å²) >= 11 is 0. The molecule has 0 bridgehead atoms. The van der Waals surface area contributed by atoms with Crippen molar-refractivity contribution in [3.8, 4) is 55.9 Å². The van der Waals surface area contributed by atoms with E-state index in [1.807, 2.05) is 97.1 Å². The first-order valence-corrected chi connectivity index (χ1v) is 32.1. The van der Waals surface area contributed by atoms with Crippen molar-refractivity contribution in [1.29, 1.82) is 0 Å². The number of anilines is 6. The quantitative estimate of drug-likeness (QED) is 0.141. The van der Waals surface area contributed by atoms with E-state index in [1.165, 1.54) is 9.13 Å². The summed E-state index contributed by atoms with van der Waals surface area (Å²) < 4.78 is 198. The Bertz CT molecular complexity index is 6230. The minimum absolute atomic E-state index is 0.100. The molecule has 2 aliphatic rings. The minimum atomic E-state index is -1.37. The van der Waals surface area contributed by atoms with Crippen LogP contribution in [0.5, 0.6) is 0 Å². The van der Waals surface area contributed by atoms with Crippen molar-refractivity contribution in [2.24, 2.45) is 0 Å². The molecular weight excluding hydrogens is 1150 g/mol. The monoisotopic (exact) mass is 1240 g/mol. The molecule has 2 aromatic heterocycles. The number of aromatic nitrogens is 2. The third kappa shape index (κ3) is 9.41. The minimum Gasteiger partial charge on any atom is -0.310 e. The SMILES string of the molecule is [2H]c1c(-n2c3c([2H])c([2H])c([2H])c([2H])c3c3c([2H])c([2H])c([2H])c([2H])c32)cc2c(c1[2H])B1c3c(cc(C(C)(C)C)cc3N(c3c(-c4ccccc4)cccc3-c3ccc(C(C)(C)C)cc3)c3cc(-n4c5c([2H])c([2H])c([2H])c([2H])c5c5c([2H])c([2H])c([2H])c([2H])c54)c([2H])c([2H])c31)N2c1c(-c2ccccc2)cccc1-c1ccc(C(C)(C)C)cc1. The van der Waals surface area contributed by atoms with Crippen LogP contribution in [0.3, 0.4) is 0 Å². The van der Waals surface area contributed by atoms with Gasteiger partial charge in [0.2, 0.25) is 0 Å². The maximum Gasteiger partial charge on any atom is 0.252 e. The molecule has 0 saturated carbocycles. The number of hydrogen-bond acceptors (Lipinski definition) is 2. The van der Waals surface area contributed by atoms with Crippen LogP contribution in [0.1, 0.15) is 106 Å². The Hall–Kier alpha value is -10.9. The van der Waals surface area contributed by atoms with E-state index >= 15 is 0 Å². The molecule has 0 aliphatic carbocycles. The summed E-state index contributed by atoms with van der Waals surface area (Å²) in [4.78, 5) is 4.12. The average Bonchev–Trinajstić information content (AvgIpc) is 1.31. The fourth-order valence-electron chi connectivity index (χ4n) is 14.2. The van der Waals surface area contributed by atoms with E-state index in [1.54, 1.807) is 12.1 Å². The molecule has 0 atom stereocenters. The van der Waals surface area contributed by atoms with Crippen molar-refractivity contribution in [2.45, 2.75) is 78.6 Å². The van der Waals surface area contributed by atoms with E-state index < -0.39 is 133 Å². The number of fused-ring (bicyclic) bond motifs is 10. The van der Waals surface area contributed by atoms with E-state index in [0.29, 0.717) is 50.5 Å². The third-order valence-corrected chi connectivity index (χ3v) is 18.9. The van der Waals surface area contributed by atoms with Crippen molar-refractivity contribution in [3.63, 3.8) is 0 Å². The van der Waals surface area contributed by atoms with E-state index in [-0.39, 0.29) is 88.1 Å². The van der Waals surface area contributed by atoms with Crippen LogP contribution in [0, 0.1) is 0 Å². The summed E-state index contributed by atoms with van der Waals surface area (Å²) in [5.41, 5.74) is 8.93. The second-order valence-corrected chi connectivity index (χ2v) is 27.8. The van der Waals surface area contributed by atoms with Gasteiger partial charge in [-0.25, -0.2) is 0 Å². The van der Waals surface area contributed by atoms with Crippen LogP contribution in [0.15, 0.2) is 291 Å². The lowest BCUT2D eigenvalue weighted by Gasteiger charge is -2.46. The number of para-hydroxylation sites is 6. The van der Waals surface area contributed by atoms with Gasteiger partial charge in [0.1, 0.15) is 0 Å². The molecule has 0 N–H and O–H groups in total. The molecule has 0 spiro atoms. The summed E-state index contributed by atoms with van der Waals surface area (Å²) in [6.07, 6.45) is 0. The molecule has 0 fully saturated rings. The molecule has 0 amide bonds. The van der Waals surface area contributed by atoms with Gasteiger partial charge in [0.25, 0.3) is 6.71 Å². The summed E-state index contributed by atoms with van der Waals surface area (Å²) in [5.74, 6) is 0. The second-order valence-electron chi connectivity index (χ2n) is 27.8. The lowest BCUT2D eigenvalue weighted by molar-refractivity contribution is 0.590. The van der Waals surface area contributed by atoms with E-state index in [4.69, 9.17) is 5.48 Å². The summed E-state index contributed by atoms with van der Waals surface area (Å²) in [7, 11) is 0. The normalized spacial score (nSPS) is 16.0. The molecule has 95 heavy (non-hydrogen) atoms. The van der Waals surface area contributed by atoms with Crippen LogP contribution in [-0.2, 0) is 16.2 Å². The van der Waals surface area contributed by atoms with Gasteiger partial charge in [0.15, 0.2) is 0 Å². The maximum atomic E-state index is 11.3. The zero-order valence-electron chi connectivity index (χ0n) is 74.0. The molecular formula is C90H75BN4. The van der Waals surface area contributed by atoms with Crippen LogP contribution >= 0.6 is 0 Å². The molecule has 0 radical (unpaired) electrons. The molecule has 15 aromatic rings. The first-order chi connectivity index (χ1) is 54.4. The summed E-state index contributed by atoms with van der Waals surface area (Å²) in [5, 5.41) is -0.991. The average molecular weight is 1240 g/mol. The van der Waals surface area contributed by atoms with E-state index in [9.17, 15) is 21.9 Å². The second kappa shape index (κ2) is 21.9. The summed E-state index contributed by atoms with van der Waals surface area (Å²) in [6, 6.07) is 43.1. The number of rotatable bonds is 8. The fraction of sp³-hybridized carbons (Fsp3) is 0.133. The van der Waals surface area contributed by atoms with Gasteiger partial charge in [0, 0.05) is 77.9 Å². The Labute approximate surface area is 586 Å². The smallest absolute Gasteiger partial charge is 0.252 e. The summed E-state index contributed by atoms with van der Waals surface area (Å²) in [6.45, 7) is 17.7. The number of nitrogens with zero attached hydrogens (tertiary/aromatic N) is 4. The van der Waals surface area contributed by atoms with Gasteiger partial charge in [-0.15, -0.1) is 0 Å².